The summed E-state index contributed by atoms with van der Waals surface area (Å²) in [5.74, 6) is 0.516. The van der Waals surface area contributed by atoms with Crippen LogP contribution in [0.5, 0.6) is 0 Å². The minimum absolute atomic E-state index is 0.0529. The Morgan fingerprint density at radius 2 is 1.81 bits per heavy atom. The predicted molar refractivity (Wildman–Crippen MR) is 118 cm³/mol. The van der Waals surface area contributed by atoms with Gasteiger partial charge in [0.15, 0.2) is 5.58 Å². The summed E-state index contributed by atoms with van der Waals surface area (Å²) >= 11 is 11.9. The normalized spacial score (nSPS) is 16.9. The number of halogens is 3. The van der Waals surface area contributed by atoms with E-state index in [4.69, 9.17) is 4.42 Å². The fourth-order valence-electron chi connectivity index (χ4n) is 3.04. The number of nitrogens with zero attached hydrogens (tertiary/aromatic N) is 1. The van der Waals surface area contributed by atoms with E-state index in [0.717, 1.165) is 20.3 Å². The average Bonchev–Trinajstić information content (AvgIpc) is 3.11. The second-order valence-corrected chi connectivity index (χ2v) is 9.90. The first-order valence-electron chi connectivity index (χ1n) is 8.05. The standard InChI is InChI=1S/C19H12Br3NO3S/c20-12-3-1-10(2-4-12)18-23(5-6-27-18)17(24)14-8-11-7-13(21)9-15(22)16(11)26-19(14)25/h1-4,7-9,18H,5-6H2/t18-/m0/s1. The van der Waals surface area contributed by atoms with Crippen LogP contribution < -0.4 is 5.63 Å². The third kappa shape index (κ3) is 3.77. The number of carbonyl (C=O) groups is 1. The maximum Gasteiger partial charge on any atom is 0.349 e. The highest BCUT2D eigenvalue weighted by Gasteiger charge is 2.33. The van der Waals surface area contributed by atoms with Crippen molar-refractivity contribution in [2.45, 2.75) is 5.37 Å². The van der Waals surface area contributed by atoms with E-state index in [9.17, 15) is 9.59 Å². The van der Waals surface area contributed by atoms with Crippen molar-refractivity contribution in [1.82, 2.24) is 4.90 Å². The van der Waals surface area contributed by atoms with Crippen molar-refractivity contribution in [2.75, 3.05) is 12.3 Å². The second-order valence-electron chi connectivity index (χ2n) is 6.03. The lowest BCUT2D eigenvalue weighted by molar-refractivity contribution is 0.0756. The van der Waals surface area contributed by atoms with Gasteiger partial charge in [-0.2, -0.15) is 0 Å². The molecule has 0 aliphatic carbocycles. The van der Waals surface area contributed by atoms with Gasteiger partial charge in [0.05, 0.1) is 4.47 Å². The summed E-state index contributed by atoms with van der Waals surface area (Å²) in [6.45, 7) is 0.587. The van der Waals surface area contributed by atoms with Gasteiger partial charge in [-0.1, -0.05) is 44.0 Å². The number of amides is 1. The van der Waals surface area contributed by atoms with Crippen LogP contribution in [-0.2, 0) is 0 Å². The van der Waals surface area contributed by atoms with E-state index in [2.05, 4.69) is 47.8 Å². The molecule has 138 valence electrons. The van der Waals surface area contributed by atoms with E-state index in [-0.39, 0.29) is 16.8 Å². The Hall–Kier alpha value is -1.09. The molecule has 1 aliphatic rings. The lowest BCUT2D eigenvalue weighted by atomic mass is 10.1. The van der Waals surface area contributed by atoms with Crippen molar-refractivity contribution in [3.63, 3.8) is 0 Å². The zero-order valence-corrected chi connectivity index (χ0v) is 19.3. The molecule has 0 bridgehead atoms. The van der Waals surface area contributed by atoms with Crippen molar-refractivity contribution in [1.29, 1.82) is 0 Å². The van der Waals surface area contributed by atoms with Gasteiger partial charge in [-0.25, -0.2) is 4.79 Å². The largest absolute Gasteiger partial charge is 0.421 e. The quantitative estimate of drug-likeness (QED) is 0.355. The fraction of sp³-hybridized carbons (Fsp3) is 0.158. The van der Waals surface area contributed by atoms with Crippen LogP contribution in [0.4, 0.5) is 0 Å². The Kier molecular flexibility index (Phi) is 5.51. The molecule has 0 radical (unpaired) electrons. The average molecular weight is 574 g/mol. The molecule has 4 rings (SSSR count). The molecule has 1 saturated heterocycles. The molecule has 1 amide bonds. The van der Waals surface area contributed by atoms with E-state index in [1.54, 1.807) is 28.8 Å². The molecule has 27 heavy (non-hydrogen) atoms. The number of hydrogen-bond acceptors (Lipinski definition) is 4. The fourth-order valence-corrected chi connectivity index (χ4v) is 5.90. The van der Waals surface area contributed by atoms with Crippen LogP contribution in [0.2, 0.25) is 0 Å². The smallest absolute Gasteiger partial charge is 0.349 e. The van der Waals surface area contributed by atoms with Crippen LogP contribution in [0.25, 0.3) is 11.0 Å². The van der Waals surface area contributed by atoms with E-state index in [1.807, 2.05) is 30.3 Å². The first kappa shape index (κ1) is 19.2. The van der Waals surface area contributed by atoms with Crippen molar-refractivity contribution in [3.8, 4) is 0 Å². The molecule has 3 aromatic rings. The SMILES string of the molecule is O=C(c1cc2cc(Br)cc(Br)c2oc1=O)N1CCS[C@H]1c1ccc(Br)cc1. The van der Waals surface area contributed by atoms with Crippen LogP contribution in [0, 0.1) is 0 Å². The third-order valence-corrected chi connectivity index (χ3v) is 7.13. The van der Waals surface area contributed by atoms with E-state index in [0.29, 0.717) is 22.0 Å². The Morgan fingerprint density at radius 3 is 2.56 bits per heavy atom. The van der Waals surface area contributed by atoms with Crippen LogP contribution in [0.1, 0.15) is 21.3 Å². The Bertz CT molecular complexity index is 1100. The summed E-state index contributed by atoms with van der Waals surface area (Å²) in [6, 6.07) is 13.1. The maximum absolute atomic E-state index is 13.2. The van der Waals surface area contributed by atoms with Gasteiger partial charge in [0, 0.05) is 26.6 Å². The van der Waals surface area contributed by atoms with Gasteiger partial charge >= 0.3 is 5.63 Å². The topological polar surface area (TPSA) is 50.5 Å². The summed E-state index contributed by atoms with van der Waals surface area (Å²) in [5, 5.41) is 0.571. The zero-order valence-electron chi connectivity index (χ0n) is 13.7. The molecule has 2 aromatic carbocycles. The molecular weight excluding hydrogens is 562 g/mol. The first-order valence-corrected chi connectivity index (χ1v) is 11.5. The minimum atomic E-state index is -0.623. The van der Waals surface area contributed by atoms with Crippen LogP contribution >= 0.6 is 59.6 Å². The van der Waals surface area contributed by atoms with E-state index >= 15 is 0 Å². The monoisotopic (exact) mass is 571 g/mol. The third-order valence-electron chi connectivity index (χ3n) is 4.29. The lowest BCUT2D eigenvalue weighted by Gasteiger charge is -2.24. The van der Waals surface area contributed by atoms with Crippen LogP contribution in [-0.4, -0.2) is 23.1 Å². The minimum Gasteiger partial charge on any atom is -0.421 e. The number of carbonyl (C=O) groups excluding carboxylic acids is 1. The number of thioether (sulfide) groups is 1. The van der Waals surface area contributed by atoms with Gasteiger partial charge < -0.3 is 9.32 Å². The van der Waals surface area contributed by atoms with Gasteiger partial charge in [-0.3, -0.25) is 4.79 Å². The summed E-state index contributed by atoms with van der Waals surface area (Å²) in [6.07, 6.45) is 0. The van der Waals surface area contributed by atoms with Crippen LogP contribution in [0.15, 0.2) is 65.1 Å². The Balaban J connectivity index is 1.74. The molecule has 1 aliphatic heterocycles. The van der Waals surface area contributed by atoms with Gasteiger partial charge in [0.25, 0.3) is 5.91 Å². The van der Waals surface area contributed by atoms with Gasteiger partial charge in [0.2, 0.25) is 0 Å². The summed E-state index contributed by atoms with van der Waals surface area (Å²) in [4.78, 5) is 27.4. The zero-order chi connectivity index (χ0) is 19.1. The van der Waals surface area contributed by atoms with Crippen molar-refractivity contribution in [2.24, 2.45) is 0 Å². The molecule has 0 unspecified atom stereocenters. The lowest BCUT2D eigenvalue weighted by Crippen LogP contribution is -2.33. The molecule has 1 aromatic heterocycles. The Morgan fingerprint density at radius 1 is 1.07 bits per heavy atom. The molecule has 1 atom stereocenters. The molecule has 0 spiro atoms. The van der Waals surface area contributed by atoms with Crippen LogP contribution in [0.3, 0.4) is 0 Å². The molecular formula is C19H12Br3NO3S. The molecule has 8 heteroatoms. The highest BCUT2D eigenvalue weighted by molar-refractivity contribution is 9.11. The first-order chi connectivity index (χ1) is 12.9. The van der Waals surface area contributed by atoms with Crippen molar-refractivity contribution >= 4 is 76.4 Å². The van der Waals surface area contributed by atoms with E-state index < -0.39 is 5.63 Å². The highest BCUT2D eigenvalue weighted by atomic mass is 79.9. The van der Waals surface area contributed by atoms with E-state index in [1.165, 1.54) is 0 Å². The molecule has 1 fully saturated rings. The van der Waals surface area contributed by atoms with Gasteiger partial charge in [-0.05, 0) is 51.8 Å². The highest BCUT2D eigenvalue weighted by Crippen LogP contribution is 2.39. The van der Waals surface area contributed by atoms with Crippen molar-refractivity contribution < 1.29 is 9.21 Å². The number of hydrogen-bond donors (Lipinski definition) is 0. The number of fused-ring (bicyclic) bond motifs is 1. The Labute approximate surface area is 184 Å². The van der Waals surface area contributed by atoms with Gasteiger partial charge in [-0.15, -0.1) is 11.8 Å². The molecule has 2 heterocycles. The molecule has 0 saturated carbocycles. The summed E-state index contributed by atoms with van der Waals surface area (Å²) in [7, 11) is 0. The van der Waals surface area contributed by atoms with Gasteiger partial charge in [0.1, 0.15) is 10.9 Å². The molecule has 0 N–H and O–H groups in total. The summed E-state index contributed by atoms with van der Waals surface area (Å²) in [5.41, 5.74) is 0.892. The maximum atomic E-state index is 13.2. The number of benzene rings is 2. The predicted octanol–water partition coefficient (Wildman–Crippen LogP) is 5.97. The number of rotatable bonds is 2. The molecule has 4 nitrogen and oxygen atoms in total. The summed E-state index contributed by atoms with van der Waals surface area (Å²) < 4.78 is 7.91. The van der Waals surface area contributed by atoms with Crippen molar-refractivity contribution in [3.05, 3.63) is 77.4 Å². The second kappa shape index (κ2) is 7.73.